The van der Waals surface area contributed by atoms with E-state index in [-0.39, 0.29) is 5.41 Å². The molecule has 80 valence electrons. The molecule has 1 aromatic carbocycles. The van der Waals surface area contributed by atoms with Gasteiger partial charge in [0.15, 0.2) is 0 Å². The van der Waals surface area contributed by atoms with Gasteiger partial charge in [-0.15, -0.1) is 0 Å². The summed E-state index contributed by atoms with van der Waals surface area (Å²) in [5.41, 5.74) is -0.304. The molecule has 0 bridgehead atoms. The van der Waals surface area contributed by atoms with E-state index in [1.54, 1.807) is 0 Å². The molecule has 1 aromatic rings. The molecule has 0 atom stereocenters. The summed E-state index contributed by atoms with van der Waals surface area (Å²) >= 11 is 2.25. The average molecular weight is 315 g/mol. The predicted molar refractivity (Wildman–Crippen MR) is 68.7 cm³/mol. The Balaban J connectivity index is 2.42. The van der Waals surface area contributed by atoms with Crippen molar-refractivity contribution >= 4 is 22.6 Å². The second-order valence-corrected chi connectivity index (χ2v) is 5.30. The summed E-state index contributed by atoms with van der Waals surface area (Å²) in [4.78, 5) is 0. The molecule has 0 amide bonds. The zero-order valence-corrected chi connectivity index (χ0v) is 11.1. The molecule has 0 unspecified atom stereocenters. The largest absolute Gasteiger partial charge is 0.494 e. The molecule has 0 N–H and O–H groups in total. The van der Waals surface area contributed by atoms with Gasteiger partial charge in [-0.25, -0.2) is 0 Å². The molecule has 0 radical (unpaired) electrons. The van der Waals surface area contributed by atoms with E-state index in [2.05, 4.69) is 28.7 Å². The predicted octanol–water partition coefficient (Wildman–Crippen LogP) is 3.61. The second kappa shape index (κ2) is 5.36. The lowest BCUT2D eigenvalue weighted by Gasteiger charge is -2.15. The van der Waals surface area contributed by atoms with E-state index in [9.17, 15) is 0 Å². The van der Waals surface area contributed by atoms with Gasteiger partial charge in [-0.05, 0) is 61.1 Å². The third-order valence-corrected chi connectivity index (χ3v) is 2.77. The molecule has 0 heterocycles. The van der Waals surface area contributed by atoms with Crippen LogP contribution < -0.4 is 4.74 Å². The first-order valence-electron chi connectivity index (χ1n) is 4.83. The summed E-state index contributed by atoms with van der Waals surface area (Å²) in [6.07, 6.45) is 0.745. The van der Waals surface area contributed by atoms with Crippen LogP contribution in [0, 0.1) is 20.3 Å². The SMILES string of the molecule is CC(C)(C#N)CCOc1cccc(I)c1. The number of rotatable bonds is 4. The van der Waals surface area contributed by atoms with Gasteiger partial charge in [-0.3, -0.25) is 0 Å². The molecule has 0 aliphatic heterocycles. The molecular formula is C12H14INO. The van der Waals surface area contributed by atoms with Crippen LogP contribution in [0.5, 0.6) is 5.75 Å². The van der Waals surface area contributed by atoms with Crippen LogP contribution in [0.15, 0.2) is 24.3 Å². The zero-order chi connectivity index (χ0) is 11.3. The smallest absolute Gasteiger partial charge is 0.120 e. The Kier molecular flexibility index (Phi) is 4.40. The number of hydrogen-bond acceptors (Lipinski definition) is 2. The Hall–Kier alpha value is -0.760. The number of nitriles is 1. The fourth-order valence-electron chi connectivity index (χ4n) is 1.04. The van der Waals surface area contributed by atoms with Gasteiger partial charge >= 0.3 is 0 Å². The highest BCUT2D eigenvalue weighted by Crippen LogP contribution is 2.20. The molecule has 1 rings (SSSR count). The van der Waals surface area contributed by atoms with Crippen LogP contribution >= 0.6 is 22.6 Å². The van der Waals surface area contributed by atoms with E-state index in [1.807, 2.05) is 38.1 Å². The fourth-order valence-corrected chi connectivity index (χ4v) is 1.55. The van der Waals surface area contributed by atoms with E-state index in [1.165, 1.54) is 0 Å². The van der Waals surface area contributed by atoms with E-state index in [4.69, 9.17) is 10.00 Å². The lowest BCUT2D eigenvalue weighted by molar-refractivity contribution is 0.264. The molecule has 3 heteroatoms. The van der Waals surface area contributed by atoms with E-state index in [0.717, 1.165) is 15.7 Å². The van der Waals surface area contributed by atoms with Crippen molar-refractivity contribution in [1.82, 2.24) is 0 Å². The van der Waals surface area contributed by atoms with Crippen LogP contribution in [0.3, 0.4) is 0 Å². The van der Waals surface area contributed by atoms with Gasteiger partial charge in [-0.1, -0.05) is 6.07 Å². The van der Waals surface area contributed by atoms with Crippen molar-refractivity contribution in [1.29, 1.82) is 5.26 Å². The van der Waals surface area contributed by atoms with E-state index < -0.39 is 0 Å². The normalized spacial score (nSPS) is 10.8. The Bertz CT molecular complexity index is 368. The molecule has 0 aliphatic rings. The van der Waals surface area contributed by atoms with Gasteiger partial charge in [0, 0.05) is 3.57 Å². The van der Waals surface area contributed by atoms with Crippen molar-refractivity contribution in [2.45, 2.75) is 20.3 Å². The van der Waals surface area contributed by atoms with Crippen LogP contribution in [0.4, 0.5) is 0 Å². The minimum atomic E-state index is -0.304. The maximum Gasteiger partial charge on any atom is 0.120 e. The van der Waals surface area contributed by atoms with Gasteiger partial charge in [0.25, 0.3) is 0 Å². The highest BCUT2D eigenvalue weighted by Gasteiger charge is 2.16. The Labute approximate surface area is 104 Å². The Morgan fingerprint density at radius 2 is 2.20 bits per heavy atom. The van der Waals surface area contributed by atoms with E-state index in [0.29, 0.717) is 6.61 Å². The molecule has 0 saturated carbocycles. The minimum absolute atomic E-state index is 0.304. The molecule has 15 heavy (non-hydrogen) atoms. The Morgan fingerprint density at radius 3 is 2.80 bits per heavy atom. The number of nitrogens with zero attached hydrogens (tertiary/aromatic N) is 1. The molecule has 0 aliphatic carbocycles. The summed E-state index contributed by atoms with van der Waals surface area (Å²) in [6, 6.07) is 10.2. The van der Waals surface area contributed by atoms with Crippen molar-refractivity contribution in [3.63, 3.8) is 0 Å². The third-order valence-electron chi connectivity index (χ3n) is 2.09. The summed E-state index contributed by atoms with van der Waals surface area (Å²) in [5.74, 6) is 0.871. The van der Waals surface area contributed by atoms with Gasteiger partial charge in [0.1, 0.15) is 5.75 Å². The Morgan fingerprint density at radius 1 is 1.47 bits per heavy atom. The van der Waals surface area contributed by atoms with Crippen molar-refractivity contribution in [3.8, 4) is 11.8 Å². The first kappa shape index (κ1) is 12.3. The molecule has 0 fully saturated rings. The molecular weight excluding hydrogens is 301 g/mol. The molecule has 2 nitrogen and oxygen atoms in total. The minimum Gasteiger partial charge on any atom is -0.494 e. The van der Waals surface area contributed by atoms with Gasteiger partial charge in [-0.2, -0.15) is 5.26 Å². The van der Waals surface area contributed by atoms with Crippen molar-refractivity contribution in [2.24, 2.45) is 5.41 Å². The van der Waals surface area contributed by atoms with Crippen LogP contribution in [-0.4, -0.2) is 6.61 Å². The molecule has 0 saturated heterocycles. The average Bonchev–Trinajstić information content (AvgIpc) is 2.18. The lowest BCUT2D eigenvalue weighted by atomic mass is 9.92. The van der Waals surface area contributed by atoms with Crippen molar-refractivity contribution in [2.75, 3.05) is 6.61 Å². The first-order valence-corrected chi connectivity index (χ1v) is 5.91. The molecule has 0 spiro atoms. The summed E-state index contributed by atoms with van der Waals surface area (Å²) in [7, 11) is 0. The number of halogens is 1. The van der Waals surface area contributed by atoms with Gasteiger partial charge in [0.05, 0.1) is 18.1 Å². The van der Waals surface area contributed by atoms with Crippen LogP contribution in [0.25, 0.3) is 0 Å². The quantitative estimate of drug-likeness (QED) is 0.795. The van der Waals surface area contributed by atoms with Crippen LogP contribution in [0.2, 0.25) is 0 Å². The maximum absolute atomic E-state index is 8.83. The van der Waals surface area contributed by atoms with Crippen molar-refractivity contribution < 1.29 is 4.74 Å². The van der Waals surface area contributed by atoms with Gasteiger partial charge < -0.3 is 4.74 Å². The highest BCUT2D eigenvalue weighted by atomic mass is 127. The number of hydrogen-bond donors (Lipinski definition) is 0. The summed E-state index contributed by atoms with van der Waals surface area (Å²) in [5, 5.41) is 8.83. The standard InChI is InChI=1S/C12H14INO/c1-12(2,9-14)6-7-15-11-5-3-4-10(13)8-11/h3-5,8H,6-7H2,1-2H3. The second-order valence-electron chi connectivity index (χ2n) is 4.05. The third kappa shape index (κ3) is 4.52. The topological polar surface area (TPSA) is 33.0 Å². The van der Waals surface area contributed by atoms with Gasteiger partial charge in [0.2, 0.25) is 0 Å². The highest BCUT2D eigenvalue weighted by molar-refractivity contribution is 14.1. The number of ether oxygens (including phenoxy) is 1. The fraction of sp³-hybridized carbons (Fsp3) is 0.417. The maximum atomic E-state index is 8.83. The zero-order valence-electron chi connectivity index (χ0n) is 8.96. The van der Waals surface area contributed by atoms with Crippen LogP contribution in [-0.2, 0) is 0 Å². The summed E-state index contributed by atoms with van der Waals surface area (Å²) < 4.78 is 6.73. The van der Waals surface area contributed by atoms with Crippen LogP contribution in [0.1, 0.15) is 20.3 Å². The lowest BCUT2D eigenvalue weighted by Crippen LogP contribution is -2.13. The number of benzene rings is 1. The molecule has 0 aromatic heterocycles. The first-order chi connectivity index (χ1) is 7.03. The monoisotopic (exact) mass is 315 g/mol. The summed E-state index contributed by atoms with van der Waals surface area (Å²) in [6.45, 7) is 4.43. The van der Waals surface area contributed by atoms with Crippen molar-refractivity contribution in [3.05, 3.63) is 27.8 Å². The van der Waals surface area contributed by atoms with E-state index >= 15 is 0 Å².